The SMILES string of the molecule is CCC(C)S(=O)(=O)/C=C/C(=O)OC. The van der Waals surface area contributed by atoms with Gasteiger partial charge in [0, 0.05) is 11.5 Å². The zero-order chi connectivity index (χ0) is 10.5. The molecule has 0 rings (SSSR count). The van der Waals surface area contributed by atoms with E-state index in [4.69, 9.17) is 0 Å². The van der Waals surface area contributed by atoms with E-state index in [-0.39, 0.29) is 0 Å². The van der Waals surface area contributed by atoms with Crippen LogP contribution in [0.2, 0.25) is 0 Å². The minimum absolute atomic E-state index is 0.464. The Morgan fingerprint density at radius 3 is 2.46 bits per heavy atom. The molecule has 0 bridgehead atoms. The predicted molar refractivity (Wildman–Crippen MR) is 49.8 cm³/mol. The number of sulfone groups is 1. The average Bonchev–Trinajstić information content (AvgIpc) is 2.12. The van der Waals surface area contributed by atoms with Crippen molar-refractivity contribution in [3.8, 4) is 0 Å². The number of hydrogen-bond acceptors (Lipinski definition) is 4. The third kappa shape index (κ3) is 4.07. The minimum atomic E-state index is -3.30. The summed E-state index contributed by atoms with van der Waals surface area (Å²) in [7, 11) is -2.10. The third-order valence-corrected chi connectivity index (χ3v) is 3.70. The van der Waals surface area contributed by atoms with Crippen molar-refractivity contribution in [1.82, 2.24) is 0 Å². The van der Waals surface area contributed by atoms with E-state index in [9.17, 15) is 13.2 Å². The molecular weight excluding hydrogens is 192 g/mol. The van der Waals surface area contributed by atoms with E-state index >= 15 is 0 Å². The fourth-order valence-electron chi connectivity index (χ4n) is 0.585. The van der Waals surface area contributed by atoms with Crippen LogP contribution < -0.4 is 0 Å². The molecule has 0 saturated heterocycles. The van der Waals surface area contributed by atoms with Crippen molar-refractivity contribution >= 4 is 15.8 Å². The molecule has 0 amide bonds. The van der Waals surface area contributed by atoms with E-state index in [0.29, 0.717) is 6.42 Å². The molecule has 1 atom stereocenters. The highest BCUT2D eigenvalue weighted by atomic mass is 32.2. The molecule has 0 aliphatic carbocycles. The first-order valence-electron chi connectivity index (χ1n) is 3.94. The van der Waals surface area contributed by atoms with E-state index in [2.05, 4.69) is 4.74 Å². The summed E-state index contributed by atoms with van der Waals surface area (Å²) < 4.78 is 26.8. The van der Waals surface area contributed by atoms with E-state index in [0.717, 1.165) is 11.5 Å². The van der Waals surface area contributed by atoms with Gasteiger partial charge in [-0.2, -0.15) is 0 Å². The lowest BCUT2D eigenvalue weighted by Crippen LogP contribution is -2.14. The van der Waals surface area contributed by atoms with Gasteiger partial charge in [-0.1, -0.05) is 6.92 Å². The quantitative estimate of drug-likeness (QED) is 0.506. The maximum atomic E-state index is 11.3. The molecule has 76 valence electrons. The van der Waals surface area contributed by atoms with E-state index in [1.54, 1.807) is 13.8 Å². The van der Waals surface area contributed by atoms with Crippen molar-refractivity contribution in [3.05, 3.63) is 11.5 Å². The van der Waals surface area contributed by atoms with Crippen molar-refractivity contribution in [2.45, 2.75) is 25.5 Å². The second-order valence-corrected chi connectivity index (χ2v) is 4.89. The molecule has 0 N–H and O–H groups in total. The van der Waals surface area contributed by atoms with Crippen LogP contribution in [0.3, 0.4) is 0 Å². The molecule has 0 aromatic carbocycles. The Kier molecular flexibility index (Phi) is 4.69. The molecule has 0 aliphatic heterocycles. The molecule has 13 heavy (non-hydrogen) atoms. The summed E-state index contributed by atoms with van der Waals surface area (Å²) >= 11 is 0. The zero-order valence-corrected chi connectivity index (χ0v) is 8.80. The summed E-state index contributed by atoms with van der Waals surface area (Å²) in [6, 6.07) is 0. The third-order valence-electron chi connectivity index (χ3n) is 1.73. The first-order chi connectivity index (χ1) is 5.94. The Balaban J connectivity index is 4.52. The van der Waals surface area contributed by atoms with Crippen molar-refractivity contribution in [2.75, 3.05) is 7.11 Å². The summed E-state index contributed by atoms with van der Waals surface area (Å²) in [6.45, 7) is 3.37. The minimum Gasteiger partial charge on any atom is -0.466 e. The summed E-state index contributed by atoms with van der Waals surface area (Å²) in [5, 5.41) is 0.431. The molecular formula is C8H14O4S. The number of hydrogen-bond donors (Lipinski definition) is 0. The Labute approximate surface area is 78.5 Å². The van der Waals surface area contributed by atoms with Crippen molar-refractivity contribution in [2.24, 2.45) is 0 Å². The van der Waals surface area contributed by atoms with Gasteiger partial charge in [0.15, 0.2) is 9.84 Å². The van der Waals surface area contributed by atoms with Crippen LogP contribution in [0.15, 0.2) is 11.5 Å². The molecule has 0 heterocycles. The lowest BCUT2D eigenvalue weighted by atomic mass is 10.4. The monoisotopic (exact) mass is 206 g/mol. The normalized spacial score (nSPS) is 14.4. The van der Waals surface area contributed by atoms with Gasteiger partial charge in [-0.3, -0.25) is 0 Å². The molecule has 0 aliphatic rings. The van der Waals surface area contributed by atoms with Crippen LogP contribution in [0.1, 0.15) is 20.3 Å². The molecule has 1 unspecified atom stereocenters. The second kappa shape index (κ2) is 5.01. The van der Waals surface area contributed by atoms with Gasteiger partial charge in [-0.25, -0.2) is 13.2 Å². The van der Waals surface area contributed by atoms with Crippen LogP contribution in [0.5, 0.6) is 0 Å². The van der Waals surface area contributed by atoms with Gasteiger partial charge in [0.05, 0.1) is 12.4 Å². The smallest absolute Gasteiger partial charge is 0.331 e. The lowest BCUT2D eigenvalue weighted by Gasteiger charge is -2.04. The largest absolute Gasteiger partial charge is 0.466 e. The van der Waals surface area contributed by atoms with E-state index in [1.165, 1.54) is 7.11 Å². The van der Waals surface area contributed by atoms with Gasteiger partial charge in [-0.05, 0) is 13.3 Å². The molecule has 0 aromatic rings. The van der Waals surface area contributed by atoms with E-state index in [1.807, 2.05) is 0 Å². The molecule has 5 heteroatoms. The van der Waals surface area contributed by atoms with Crippen molar-refractivity contribution in [3.63, 3.8) is 0 Å². The first-order valence-corrected chi connectivity index (χ1v) is 5.55. The zero-order valence-electron chi connectivity index (χ0n) is 7.98. The van der Waals surface area contributed by atoms with Gasteiger partial charge in [0.2, 0.25) is 0 Å². The van der Waals surface area contributed by atoms with Crippen molar-refractivity contribution in [1.29, 1.82) is 0 Å². The predicted octanol–water partition coefficient (Wildman–Crippen LogP) is 0.886. The molecule has 4 nitrogen and oxygen atoms in total. The number of esters is 1. The second-order valence-electron chi connectivity index (χ2n) is 2.63. The van der Waals surface area contributed by atoms with Gasteiger partial charge < -0.3 is 4.74 Å². The van der Waals surface area contributed by atoms with Crippen LogP contribution in [0, 0.1) is 0 Å². The maximum Gasteiger partial charge on any atom is 0.331 e. The van der Waals surface area contributed by atoms with Crippen LogP contribution in [0.25, 0.3) is 0 Å². The fraction of sp³-hybridized carbons (Fsp3) is 0.625. The molecule has 0 radical (unpaired) electrons. The molecule has 0 aromatic heterocycles. The fourth-order valence-corrected chi connectivity index (χ4v) is 1.62. The van der Waals surface area contributed by atoms with E-state index < -0.39 is 21.1 Å². The summed E-state index contributed by atoms with van der Waals surface area (Å²) in [5.41, 5.74) is 0. The Hall–Kier alpha value is -0.840. The number of rotatable bonds is 4. The number of carbonyl (C=O) groups excluding carboxylic acids is 1. The highest BCUT2D eigenvalue weighted by Gasteiger charge is 2.15. The summed E-state index contributed by atoms with van der Waals surface area (Å²) in [6.07, 6.45) is 1.44. The van der Waals surface area contributed by atoms with Crippen LogP contribution >= 0.6 is 0 Å². The highest BCUT2D eigenvalue weighted by molar-refractivity contribution is 7.94. The Morgan fingerprint density at radius 2 is 2.08 bits per heavy atom. The van der Waals surface area contributed by atoms with Crippen molar-refractivity contribution < 1.29 is 17.9 Å². The number of methoxy groups -OCH3 is 1. The van der Waals surface area contributed by atoms with Crippen LogP contribution in [0.4, 0.5) is 0 Å². The number of ether oxygens (including phenoxy) is 1. The molecule has 0 fully saturated rings. The number of carbonyl (C=O) groups is 1. The lowest BCUT2D eigenvalue weighted by molar-refractivity contribution is -0.134. The molecule has 0 saturated carbocycles. The summed E-state index contributed by atoms with van der Waals surface area (Å²) in [4.78, 5) is 10.6. The van der Waals surface area contributed by atoms with Crippen LogP contribution in [-0.2, 0) is 19.4 Å². The highest BCUT2D eigenvalue weighted by Crippen LogP contribution is 2.06. The summed E-state index contributed by atoms with van der Waals surface area (Å²) in [5.74, 6) is -0.660. The average molecular weight is 206 g/mol. The van der Waals surface area contributed by atoms with Gasteiger partial charge >= 0.3 is 5.97 Å². The Bertz CT molecular complexity index is 289. The first kappa shape index (κ1) is 12.2. The van der Waals surface area contributed by atoms with Gasteiger partial charge in [-0.15, -0.1) is 0 Å². The Morgan fingerprint density at radius 1 is 1.54 bits per heavy atom. The van der Waals surface area contributed by atoms with Gasteiger partial charge in [0.1, 0.15) is 0 Å². The molecule has 0 spiro atoms. The van der Waals surface area contributed by atoms with Gasteiger partial charge in [0.25, 0.3) is 0 Å². The standard InChI is InChI=1S/C8H14O4S/c1-4-7(2)13(10,11)6-5-8(9)12-3/h5-7H,4H2,1-3H3/b6-5+. The van der Waals surface area contributed by atoms with Crippen LogP contribution in [-0.4, -0.2) is 26.7 Å². The topological polar surface area (TPSA) is 60.4 Å². The maximum absolute atomic E-state index is 11.3.